The minimum absolute atomic E-state index is 0.690. The maximum absolute atomic E-state index is 9.62. The Morgan fingerprint density at radius 1 is 1.64 bits per heavy atom. The summed E-state index contributed by atoms with van der Waals surface area (Å²) in [5, 5.41) is 3.50. The lowest BCUT2D eigenvalue weighted by atomic mass is 10.4. The molecule has 1 rings (SSSR count). The Balaban J connectivity index is 2.57. The Hall–Kier alpha value is -1.71. The number of hydrogen-bond donors (Lipinski definition) is 1. The first-order chi connectivity index (χ1) is 5.43. The van der Waals surface area contributed by atoms with Crippen LogP contribution in [0.15, 0.2) is 29.5 Å². The first-order valence-corrected chi connectivity index (χ1v) is 3.00. The molecule has 4 nitrogen and oxygen atoms in total. The van der Waals surface area contributed by atoms with Crippen LogP contribution in [-0.4, -0.2) is 17.6 Å². The van der Waals surface area contributed by atoms with E-state index in [1.54, 1.807) is 18.3 Å². The van der Waals surface area contributed by atoms with Crippen molar-refractivity contribution in [1.82, 2.24) is 10.4 Å². The molecule has 11 heavy (non-hydrogen) atoms. The maximum atomic E-state index is 9.62. The molecule has 0 saturated heterocycles. The van der Waals surface area contributed by atoms with Gasteiger partial charge >= 0.3 is 6.41 Å². The zero-order valence-corrected chi connectivity index (χ0v) is 5.69. The molecule has 0 aromatic carbocycles. The van der Waals surface area contributed by atoms with Crippen molar-refractivity contribution in [2.45, 2.75) is 0 Å². The number of nitrogens with one attached hydrogen (secondary N) is 1. The van der Waals surface area contributed by atoms with Crippen molar-refractivity contribution in [2.75, 3.05) is 0 Å². The van der Waals surface area contributed by atoms with Gasteiger partial charge < -0.3 is 0 Å². The van der Waals surface area contributed by atoms with Crippen molar-refractivity contribution >= 4 is 12.6 Å². The average molecular weight is 148 g/mol. The first kappa shape index (κ1) is 7.40. The summed E-state index contributed by atoms with van der Waals surface area (Å²) in [6, 6.07) is 5.41. The minimum Gasteiger partial charge on any atom is -0.262 e. The number of nitrogens with zero attached hydrogens (tertiary/aromatic N) is 2. The molecular weight excluding hydrogens is 142 g/mol. The first-order valence-electron chi connectivity index (χ1n) is 3.00. The molecule has 0 atom stereocenters. The fraction of sp³-hybridized carbons (Fsp3) is 0. The van der Waals surface area contributed by atoms with Gasteiger partial charge in [0.2, 0.25) is 0 Å². The van der Waals surface area contributed by atoms with Crippen LogP contribution in [0.5, 0.6) is 0 Å². The van der Waals surface area contributed by atoms with E-state index in [4.69, 9.17) is 0 Å². The number of rotatable bonds is 3. The summed E-state index contributed by atoms with van der Waals surface area (Å²) in [4.78, 5) is 13.6. The van der Waals surface area contributed by atoms with E-state index in [1.807, 2.05) is 11.5 Å². The van der Waals surface area contributed by atoms with E-state index in [9.17, 15) is 4.79 Å². The Kier molecular flexibility index (Phi) is 2.80. The molecule has 4 heteroatoms. The SMILES string of the molecule is O=[C]NN=Cc1ccccn1. The molecule has 0 bridgehead atoms. The highest BCUT2D eigenvalue weighted by Crippen LogP contribution is 1.86. The summed E-state index contributed by atoms with van der Waals surface area (Å²) in [6.07, 6.45) is 4.49. The van der Waals surface area contributed by atoms with E-state index in [0.717, 1.165) is 0 Å². The van der Waals surface area contributed by atoms with Gasteiger partial charge in [-0.25, -0.2) is 5.43 Å². The molecule has 0 aliphatic carbocycles. The van der Waals surface area contributed by atoms with Crippen LogP contribution in [0, 0.1) is 0 Å². The second kappa shape index (κ2) is 4.16. The summed E-state index contributed by atoms with van der Waals surface area (Å²) in [5.41, 5.74) is 2.71. The fourth-order valence-corrected chi connectivity index (χ4v) is 0.577. The Labute approximate surface area is 64.0 Å². The normalized spacial score (nSPS) is 9.82. The van der Waals surface area contributed by atoms with Crippen molar-refractivity contribution in [2.24, 2.45) is 5.10 Å². The van der Waals surface area contributed by atoms with Crippen LogP contribution in [0.3, 0.4) is 0 Å². The number of pyridine rings is 1. The molecule has 0 fully saturated rings. The third-order valence-electron chi connectivity index (χ3n) is 0.995. The average Bonchev–Trinajstić information content (AvgIpc) is 2.07. The molecule has 1 N–H and O–H groups in total. The summed E-state index contributed by atoms with van der Waals surface area (Å²) in [5.74, 6) is 0. The molecule has 1 radical (unpaired) electrons. The lowest BCUT2D eigenvalue weighted by Gasteiger charge is -1.87. The molecule has 0 aliphatic heterocycles. The van der Waals surface area contributed by atoms with Crippen molar-refractivity contribution in [3.05, 3.63) is 30.1 Å². The molecule has 0 unspecified atom stereocenters. The number of amides is 1. The number of carbonyl (C=O) groups excluding carboxylic acids is 1. The van der Waals surface area contributed by atoms with Gasteiger partial charge in [-0.1, -0.05) is 6.07 Å². The highest BCUT2D eigenvalue weighted by molar-refractivity contribution is 5.77. The van der Waals surface area contributed by atoms with E-state index >= 15 is 0 Å². The van der Waals surface area contributed by atoms with Crippen LogP contribution in [0.25, 0.3) is 0 Å². The van der Waals surface area contributed by atoms with Gasteiger partial charge in [0, 0.05) is 6.20 Å². The zero-order chi connectivity index (χ0) is 7.94. The number of hydrogen-bond acceptors (Lipinski definition) is 3. The van der Waals surface area contributed by atoms with Gasteiger partial charge in [0.25, 0.3) is 0 Å². The summed E-state index contributed by atoms with van der Waals surface area (Å²) in [7, 11) is 0. The Morgan fingerprint density at radius 2 is 2.55 bits per heavy atom. The zero-order valence-electron chi connectivity index (χ0n) is 5.69. The lowest BCUT2D eigenvalue weighted by Crippen LogP contribution is -2.00. The highest BCUT2D eigenvalue weighted by atomic mass is 16.1. The Bertz CT molecular complexity index is 245. The topological polar surface area (TPSA) is 54.4 Å². The number of hydrazone groups is 1. The third kappa shape index (κ3) is 2.57. The standard InChI is InChI=1S/C7H6N3O/c11-6-10-9-5-7-3-1-2-4-8-7/h1-5H,(H,10,11). The van der Waals surface area contributed by atoms with E-state index in [0.29, 0.717) is 5.69 Å². The van der Waals surface area contributed by atoms with Crippen molar-refractivity contribution in [1.29, 1.82) is 0 Å². The van der Waals surface area contributed by atoms with E-state index in [-0.39, 0.29) is 0 Å². The van der Waals surface area contributed by atoms with Crippen LogP contribution >= 0.6 is 0 Å². The van der Waals surface area contributed by atoms with Gasteiger partial charge in [0.1, 0.15) is 0 Å². The molecule has 1 amide bonds. The quantitative estimate of drug-likeness (QED) is 0.374. The third-order valence-corrected chi connectivity index (χ3v) is 0.995. The summed E-state index contributed by atoms with van der Waals surface area (Å²) in [6.45, 7) is 0. The highest BCUT2D eigenvalue weighted by Gasteiger charge is 1.82. The van der Waals surface area contributed by atoms with Gasteiger partial charge in [-0.2, -0.15) is 5.10 Å². The second-order valence-corrected chi connectivity index (χ2v) is 1.73. The molecular formula is C7H6N3O. The van der Waals surface area contributed by atoms with Crippen LogP contribution in [0.2, 0.25) is 0 Å². The van der Waals surface area contributed by atoms with E-state index in [2.05, 4.69) is 10.1 Å². The largest absolute Gasteiger partial charge is 0.331 e. The maximum Gasteiger partial charge on any atom is 0.331 e. The van der Waals surface area contributed by atoms with Gasteiger partial charge in [-0.15, -0.1) is 0 Å². The van der Waals surface area contributed by atoms with Crippen LogP contribution in [-0.2, 0) is 4.79 Å². The summed E-state index contributed by atoms with van der Waals surface area (Å²) < 4.78 is 0. The van der Waals surface area contributed by atoms with Crippen molar-refractivity contribution in [3.8, 4) is 0 Å². The predicted octanol–water partition coefficient (Wildman–Crippen LogP) is 0.0723. The summed E-state index contributed by atoms with van der Waals surface area (Å²) >= 11 is 0. The van der Waals surface area contributed by atoms with Gasteiger partial charge in [0.05, 0.1) is 11.9 Å². The van der Waals surface area contributed by atoms with Gasteiger partial charge in [-0.05, 0) is 12.1 Å². The molecule has 0 aliphatic rings. The van der Waals surface area contributed by atoms with Gasteiger partial charge in [0.15, 0.2) is 0 Å². The van der Waals surface area contributed by atoms with Crippen LogP contribution in [0.4, 0.5) is 0 Å². The van der Waals surface area contributed by atoms with Crippen molar-refractivity contribution in [3.63, 3.8) is 0 Å². The Morgan fingerprint density at radius 3 is 3.18 bits per heavy atom. The van der Waals surface area contributed by atoms with E-state index in [1.165, 1.54) is 12.6 Å². The molecule has 1 aromatic rings. The lowest BCUT2D eigenvalue weighted by molar-refractivity contribution is 0.545. The fourth-order valence-electron chi connectivity index (χ4n) is 0.577. The minimum atomic E-state index is 0.690. The van der Waals surface area contributed by atoms with E-state index < -0.39 is 0 Å². The predicted molar refractivity (Wildman–Crippen MR) is 40.7 cm³/mol. The van der Waals surface area contributed by atoms with Crippen LogP contribution < -0.4 is 5.43 Å². The second-order valence-electron chi connectivity index (χ2n) is 1.73. The molecule has 55 valence electrons. The smallest absolute Gasteiger partial charge is 0.262 e. The molecule has 0 spiro atoms. The number of aromatic nitrogens is 1. The van der Waals surface area contributed by atoms with Crippen molar-refractivity contribution < 1.29 is 4.79 Å². The molecule has 0 saturated carbocycles. The molecule has 1 aromatic heterocycles. The monoisotopic (exact) mass is 148 g/mol. The molecule has 1 heterocycles. The van der Waals surface area contributed by atoms with Gasteiger partial charge in [-0.3, -0.25) is 9.78 Å². The van der Waals surface area contributed by atoms with Crippen LogP contribution in [0.1, 0.15) is 5.69 Å².